The zero-order valence-electron chi connectivity index (χ0n) is 9.40. The Morgan fingerprint density at radius 2 is 1.83 bits per heavy atom. The van der Waals surface area contributed by atoms with Crippen molar-refractivity contribution in [1.29, 1.82) is 0 Å². The predicted molar refractivity (Wildman–Crippen MR) is 66.5 cm³/mol. The van der Waals surface area contributed by atoms with Crippen LogP contribution < -0.4 is 10.3 Å². The molecule has 12 heteroatoms. The van der Waals surface area contributed by atoms with Crippen LogP contribution in [0.25, 0.3) is 0 Å². The van der Waals surface area contributed by atoms with E-state index in [-0.39, 0.29) is 16.7 Å². The standard InChI is InChI=1S/C6H15FN4O4S3/c7-2-1-3-10-4-5-16-6(10)11(17(8,12)13)18(9,14)15/h6H,1-5H2,(H2,8,12,13)(H2,9,14,15). The molecule has 0 amide bonds. The summed E-state index contributed by atoms with van der Waals surface area (Å²) in [4.78, 5) is 1.51. The second kappa shape index (κ2) is 5.98. The van der Waals surface area contributed by atoms with E-state index in [0.717, 1.165) is 11.8 Å². The molecule has 0 aromatic carbocycles. The molecule has 1 rings (SSSR count). The van der Waals surface area contributed by atoms with Gasteiger partial charge < -0.3 is 0 Å². The highest BCUT2D eigenvalue weighted by atomic mass is 32.3. The molecule has 1 fully saturated rings. The Labute approximate surface area is 110 Å². The molecule has 1 atom stereocenters. The van der Waals surface area contributed by atoms with Crippen molar-refractivity contribution in [2.75, 3.05) is 25.5 Å². The third-order valence-electron chi connectivity index (χ3n) is 2.22. The molecule has 4 N–H and O–H groups in total. The lowest BCUT2D eigenvalue weighted by Crippen LogP contribution is -2.54. The fourth-order valence-electron chi connectivity index (χ4n) is 1.57. The second-order valence-electron chi connectivity index (χ2n) is 3.59. The van der Waals surface area contributed by atoms with Gasteiger partial charge in [-0.05, 0) is 10.1 Å². The SMILES string of the molecule is NS(=O)(=O)N(C1SCCN1CCCF)S(N)(=O)=O. The maximum absolute atomic E-state index is 12.1. The van der Waals surface area contributed by atoms with E-state index in [4.69, 9.17) is 10.3 Å². The van der Waals surface area contributed by atoms with Crippen molar-refractivity contribution in [3.63, 3.8) is 0 Å². The fourth-order valence-corrected chi connectivity index (χ4v) is 5.67. The van der Waals surface area contributed by atoms with Gasteiger partial charge in [0.1, 0.15) is 5.50 Å². The maximum atomic E-state index is 12.1. The number of hydrogen-bond donors (Lipinski definition) is 2. The molecule has 1 heterocycles. The molecule has 108 valence electrons. The van der Waals surface area contributed by atoms with Gasteiger partial charge in [0.15, 0.2) is 0 Å². The van der Waals surface area contributed by atoms with Crippen molar-refractivity contribution in [1.82, 2.24) is 8.61 Å². The van der Waals surface area contributed by atoms with E-state index in [2.05, 4.69) is 0 Å². The van der Waals surface area contributed by atoms with Gasteiger partial charge in [0.2, 0.25) is 0 Å². The first-order chi connectivity index (χ1) is 8.18. The minimum atomic E-state index is -4.50. The molecule has 1 saturated heterocycles. The summed E-state index contributed by atoms with van der Waals surface area (Å²) in [5.41, 5.74) is -1.04. The lowest BCUT2D eigenvalue weighted by atomic mass is 10.4. The van der Waals surface area contributed by atoms with E-state index in [1.54, 1.807) is 0 Å². The van der Waals surface area contributed by atoms with Gasteiger partial charge in [0, 0.05) is 18.8 Å². The van der Waals surface area contributed by atoms with Crippen LogP contribution in [0.5, 0.6) is 0 Å². The summed E-state index contributed by atoms with van der Waals surface area (Å²) in [5, 5.41) is 9.72. The molecule has 8 nitrogen and oxygen atoms in total. The van der Waals surface area contributed by atoms with Crippen LogP contribution in [0.2, 0.25) is 0 Å². The summed E-state index contributed by atoms with van der Waals surface area (Å²) in [6.07, 6.45) is 0.181. The zero-order valence-corrected chi connectivity index (χ0v) is 11.8. The molecule has 1 aliphatic heterocycles. The molecule has 0 aromatic rings. The molecule has 0 radical (unpaired) electrons. The molecule has 0 aromatic heterocycles. The lowest BCUT2D eigenvalue weighted by molar-refractivity contribution is 0.223. The molecule has 0 aliphatic carbocycles. The molecular formula is C6H15FN4O4S3. The van der Waals surface area contributed by atoms with Crippen molar-refractivity contribution in [2.24, 2.45) is 10.3 Å². The normalized spacial score (nSPS) is 22.8. The van der Waals surface area contributed by atoms with Crippen molar-refractivity contribution in [3.8, 4) is 0 Å². The van der Waals surface area contributed by atoms with E-state index in [9.17, 15) is 21.2 Å². The molecule has 1 unspecified atom stereocenters. The number of rotatable bonds is 6. The number of halogens is 1. The first-order valence-electron chi connectivity index (χ1n) is 4.94. The van der Waals surface area contributed by atoms with Crippen LogP contribution in [-0.4, -0.2) is 56.5 Å². The number of hydrogen-bond acceptors (Lipinski definition) is 6. The van der Waals surface area contributed by atoms with Gasteiger partial charge >= 0.3 is 0 Å². The third kappa shape index (κ3) is 4.01. The second-order valence-corrected chi connectivity index (χ2v) is 7.83. The Morgan fingerprint density at radius 1 is 1.28 bits per heavy atom. The topological polar surface area (TPSA) is 127 Å². The summed E-state index contributed by atoms with van der Waals surface area (Å²) in [6.45, 7) is 0.102. The van der Waals surface area contributed by atoms with E-state index in [0.29, 0.717) is 12.3 Å². The highest BCUT2D eigenvalue weighted by Crippen LogP contribution is 2.29. The molecule has 1 aliphatic rings. The Balaban J connectivity index is 2.99. The average molecular weight is 322 g/mol. The van der Waals surface area contributed by atoms with E-state index in [1.807, 2.05) is 0 Å². The Bertz CT molecular complexity index is 449. The van der Waals surface area contributed by atoms with E-state index >= 15 is 0 Å². The van der Waals surface area contributed by atoms with E-state index in [1.165, 1.54) is 4.90 Å². The minimum absolute atomic E-state index is 0.0654. The van der Waals surface area contributed by atoms with Gasteiger partial charge in [-0.3, -0.25) is 9.29 Å². The average Bonchev–Trinajstić information content (AvgIpc) is 2.58. The van der Waals surface area contributed by atoms with Gasteiger partial charge in [-0.25, -0.2) is 10.3 Å². The summed E-state index contributed by atoms with van der Waals surface area (Å²) < 4.78 is 57.4. The summed E-state index contributed by atoms with van der Waals surface area (Å²) in [7, 11) is -9.00. The fraction of sp³-hybridized carbons (Fsp3) is 1.00. The molecule has 0 saturated carbocycles. The van der Waals surface area contributed by atoms with Crippen molar-refractivity contribution in [2.45, 2.75) is 11.9 Å². The lowest BCUT2D eigenvalue weighted by Gasteiger charge is -2.29. The van der Waals surface area contributed by atoms with Crippen LogP contribution in [0.3, 0.4) is 0 Å². The first kappa shape index (κ1) is 16.1. The largest absolute Gasteiger partial charge is 0.293 e. The van der Waals surface area contributed by atoms with Crippen LogP contribution in [0.1, 0.15) is 6.42 Å². The zero-order chi connectivity index (χ0) is 14.0. The third-order valence-corrected chi connectivity index (χ3v) is 6.36. The first-order valence-corrected chi connectivity index (χ1v) is 9.00. The number of nitrogens with two attached hydrogens (primary N) is 2. The predicted octanol–water partition coefficient (Wildman–Crippen LogP) is -1.61. The Hall–Kier alpha value is 0.0200. The van der Waals surface area contributed by atoms with Gasteiger partial charge in [-0.1, -0.05) is 0 Å². The minimum Gasteiger partial charge on any atom is -0.277 e. The van der Waals surface area contributed by atoms with Gasteiger partial charge in [0.05, 0.1) is 6.67 Å². The quantitative estimate of drug-likeness (QED) is 0.605. The van der Waals surface area contributed by atoms with Crippen LogP contribution in [0, 0.1) is 0 Å². The highest BCUT2D eigenvalue weighted by molar-refractivity contribution is 8.05. The smallest absolute Gasteiger partial charge is 0.277 e. The molecule has 18 heavy (non-hydrogen) atoms. The van der Waals surface area contributed by atoms with Crippen LogP contribution in [-0.2, 0) is 20.4 Å². The molecule has 0 bridgehead atoms. The summed E-state index contributed by atoms with van der Waals surface area (Å²) in [6, 6.07) is 0. The van der Waals surface area contributed by atoms with E-state index < -0.39 is 32.6 Å². The summed E-state index contributed by atoms with van der Waals surface area (Å²) in [5.74, 6) is 0.512. The Morgan fingerprint density at radius 3 is 2.28 bits per heavy atom. The maximum Gasteiger partial charge on any atom is 0.293 e. The Kier molecular flexibility index (Phi) is 5.34. The van der Waals surface area contributed by atoms with Crippen LogP contribution in [0.15, 0.2) is 0 Å². The number of nitrogens with zero attached hydrogens (tertiary/aromatic N) is 2. The van der Waals surface area contributed by atoms with Crippen molar-refractivity contribution < 1.29 is 21.2 Å². The molecule has 0 spiro atoms. The number of alkyl halides is 1. The number of thioether (sulfide) groups is 1. The van der Waals surface area contributed by atoms with Crippen molar-refractivity contribution in [3.05, 3.63) is 0 Å². The van der Waals surface area contributed by atoms with Crippen LogP contribution in [0.4, 0.5) is 4.39 Å². The molecular weight excluding hydrogens is 307 g/mol. The summed E-state index contributed by atoms with van der Waals surface area (Å²) >= 11 is 1.07. The van der Waals surface area contributed by atoms with Gasteiger partial charge in [-0.2, -0.15) is 16.8 Å². The van der Waals surface area contributed by atoms with Gasteiger partial charge in [-0.15, -0.1) is 11.8 Å². The van der Waals surface area contributed by atoms with Crippen LogP contribution >= 0.6 is 11.8 Å². The van der Waals surface area contributed by atoms with Gasteiger partial charge in [0.25, 0.3) is 20.4 Å². The monoisotopic (exact) mass is 322 g/mol. The van der Waals surface area contributed by atoms with Crippen molar-refractivity contribution >= 4 is 32.2 Å². The highest BCUT2D eigenvalue weighted by Gasteiger charge is 2.42.